The molecule has 1 amide bonds. The summed E-state index contributed by atoms with van der Waals surface area (Å²) < 4.78 is 10.4. The number of amides is 1. The highest BCUT2D eigenvalue weighted by Gasteiger charge is 2.62. The third kappa shape index (κ3) is 1.65. The molecule has 4 atom stereocenters. The van der Waals surface area contributed by atoms with E-state index >= 15 is 0 Å². The molecule has 7 heteroatoms. The summed E-state index contributed by atoms with van der Waals surface area (Å²) in [5.74, 6) is -0.765. The van der Waals surface area contributed by atoms with Gasteiger partial charge >= 0.3 is 6.16 Å². The van der Waals surface area contributed by atoms with Crippen LogP contribution in [0.4, 0.5) is 4.79 Å². The lowest BCUT2D eigenvalue weighted by atomic mass is 9.80. The van der Waals surface area contributed by atoms with Gasteiger partial charge < -0.3 is 19.7 Å². The minimum absolute atomic E-state index is 0.0871. The lowest BCUT2D eigenvalue weighted by Crippen LogP contribution is -2.65. The molecule has 7 nitrogen and oxygen atoms in total. The van der Waals surface area contributed by atoms with Crippen molar-refractivity contribution in [3.63, 3.8) is 0 Å². The summed E-state index contributed by atoms with van der Waals surface area (Å²) in [6.45, 7) is 2.12. The number of hydrogen-bond donors (Lipinski definition) is 2. The van der Waals surface area contributed by atoms with Crippen LogP contribution in [0.5, 0.6) is 0 Å². The quantitative estimate of drug-likeness (QED) is 0.552. The molecule has 0 saturated carbocycles. The Morgan fingerprint density at radius 3 is 2.95 bits per heavy atom. The Bertz CT molecular complexity index is 471. The molecule has 3 aliphatic heterocycles. The predicted molar refractivity (Wildman–Crippen MR) is 60.9 cm³/mol. The number of aliphatic hydroxyl groups is 1. The third-order valence-corrected chi connectivity index (χ3v) is 3.93. The molecule has 0 spiro atoms. The molecule has 0 aromatic carbocycles. The van der Waals surface area contributed by atoms with Crippen LogP contribution in [0.2, 0.25) is 0 Å². The summed E-state index contributed by atoms with van der Waals surface area (Å²) in [5.41, 5.74) is 0.718. The Morgan fingerprint density at radius 1 is 1.58 bits per heavy atom. The van der Waals surface area contributed by atoms with E-state index in [0.717, 1.165) is 12.0 Å². The number of β-lactam (4-membered cyclic amide) rings is 1. The Hall–Kier alpha value is -1.60. The van der Waals surface area contributed by atoms with E-state index in [9.17, 15) is 14.7 Å². The normalized spacial score (nSPS) is 34.5. The van der Waals surface area contributed by atoms with Gasteiger partial charge in [0.2, 0.25) is 11.8 Å². The van der Waals surface area contributed by atoms with Gasteiger partial charge in [-0.25, -0.2) is 4.79 Å². The molecule has 19 heavy (non-hydrogen) atoms. The second kappa shape index (κ2) is 4.21. The molecule has 3 heterocycles. The number of nitrogens with zero attached hydrogens (tertiary/aromatic N) is 1. The fourth-order valence-electron chi connectivity index (χ4n) is 3.18. The highest BCUT2D eigenvalue weighted by molar-refractivity contribution is 5.90. The van der Waals surface area contributed by atoms with Gasteiger partial charge in [-0.2, -0.15) is 0 Å². The van der Waals surface area contributed by atoms with E-state index in [2.05, 4.69) is 0 Å². The van der Waals surface area contributed by atoms with Crippen molar-refractivity contribution in [2.75, 3.05) is 6.61 Å². The fraction of sp³-hybridized carbons (Fsp3) is 0.667. The summed E-state index contributed by atoms with van der Waals surface area (Å²) in [6.07, 6.45) is -1.15. The third-order valence-electron chi connectivity index (χ3n) is 3.93. The summed E-state index contributed by atoms with van der Waals surface area (Å²) in [7, 11) is 0. The molecule has 2 saturated heterocycles. The van der Waals surface area contributed by atoms with Crippen LogP contribution in [0.25, 0.3) is 0 Å². The Morgan fingerprint density at radius 2 is 2.32 bits per heavy atom. The molecule has 0 radical (unpaired) electrons. The maximum absolute atomic E-state index is 12.0. The number of carbonyl (C=O) groups excluding carboxylic acids is 1. The number of aliphatic hydroxyl groups excluding tert-OH is 1. The first kappa shape index (κ1) is 12.4. The maximum atomic E-state index is 12.0. The SMILES string of the molecule is C[C@@H](O)[C@H]1C(=O)N2C(OC(=O)O)=C3CCCO[C@@H]3[C@H]12. The molecule has 3 rings (SSSR count). The average molecular weight is 269 g/mol. The van der Waals surface area contributed by atoms with Gasteiger partial charge in [-0.15, -0.1) is 0 Å². The first-order valence-electron chi connectivity index (χ1n) is 6.29. The molecule has 2 N–H and O–H groups in total. The van der Waals surface area contributed by atoms with Crippen molar-refractivity contribution in [2.45, 2.75) is 38.0 Å². The molecular formula is C12H15NO6. The first-order valence-corrected chi connectivity index (χ1v) is 6.29. The molecule has 2 fully saturated rings. The number of carbonyl (C=O) groups is 2. The average Bonchev–Trinajstić information content (AvgIpc) is 2.59. The van der Waals surface area contributed by atoms with Crippen LogP contribution < -0.4 is 0 Å². The van der Waals surface area contributed by atoms with Gasteiger partial charge in [-0.05, 0) is 19.8 Å². The summed E-state index contributed by atoms with van der Waals surface area (Å²) in [5, 5.41) is 18.4. The number of ether oxygens (including phenoxy) is 2. The van der Waals surface area contributed by atoms with E-state index in [-0.39, 0.29) is 23.9 Å². The van der Waals surface area contributed by atoms with E-state index in [1.165, 1.54) is 4.90 Å². The van der Waals surface area contributed by atoms with Crippen molar-refractivity contribution >= 4 is 12.1 Å². The van der Waals surface area contributed by atoms with Crippen LogP contribution in [0.15, 0.2) is 11.5 Å². The smallest absolute Gasteiger partial charge is 0.449 e. The van der Waals surface area contributed by atoms with Crippen LogP contribution in [0.3, 0.4) is 0 Å². The lowest BCUT2D eigenvalue weighted by Gasteiger charge is -2.46. The van der Waals surface area contributed by atoms with Crippen LogP contribution in [0, 0.1) is 5.92 Å². The van der Waals surface area contributed by atoms with Gasteiger partial charge in [0.1, 0.15) is 6.10 Å². The molecular weight excluding hydrogens is 254 g/mol. The van der Waals surface area contributed by atoms with Crippen LogP contribution in [-0.2, 0) is 14.3 Å². The van der Waals surface area contributed by atoms with Gasteiger partial charge in [0.25, 0.3) is 0 Å². The van der Waals surface area contributed by atoms with E-state index in [1.54, 1.807) is 6.92 Å². The minimum atomic E-state index is -1.44. The monoisotopic (exact) mass is 269 g/mol. The van der Waals surface area contributed by atoms with Crippen molar-refractivity contribution < 1.29 is 29.3 Å². The fourth-order valence-corrected chi connectivity index (χ4v) is 3.18. The van der Waals surface area contributed by atoms with Gasteiger partial charge in [0.05, 0.1) is 18.1 Å². The van der Waals surface area contributed by atoms with Crippen molar-refractivity contribution in [3.05, 3.63) is 11.5 Å². The Labute approximate surface area is 109 Å². The zero-order chi connectivity index (χ0) is 13.7. The van der Waals surface area contributed by atoms with Crippen LogP contribution in [-0.4, -0.2) is 52.0 Å². The largest absolute Gasteiger partial charge is 0.512 e. The topological polar surface area (TPSA) is 96.3 Å². The molecule has 104 valence electrons. The molecule has 0 unspecified atom stereocenters. The molecule has 0 bridgehead atoms. The Kier molecular flexibility index (Phi) is 2.75. The predicted octanol–water partition coefficient (Wildman–Crippen LogP) is 0.293. The van der Waals surface area contributed by atoms with Crippen LogP contribution in [0.1, 0.15) is 19.8 Å². The number of rotatable bonds is 2. The van der Waals surface area contributed by atoms with Gasteiger partial charge in [0.15, 0.2) is 0 Å². The number of hydrogen-bond acceptors (Lipinski definition) is 5. The van der Waals surface area contributed by atoms with Crippen LogP contribution >= 0.6 is 0 Å². The number of fused-ring (bicyclic) bond motifs is 3. The van der Waals surface area contributed by atoms with Crippen molar-refractivity contribution in [2.24, 2.45) is 5.92 Å². The molecule has 0 aliphatic carbocycles. The lowest BCUT2D eigenvalue weighted by molar-refractivity contribution is -0.169. The standard InChI is InChI=1S/C12H15NO6/c1-5(14)7-8-9-6(3-2-4-18-9)11(19-12(16)17)13(8)10(7)15/h5,7-9,14H,2-4H2,1H3,(H,16,17)/t5-,7-,8+,9+/m1/s1. The zero-order valence-corrected chi connectivity index (χ0v) is 10.4. The second-order valence-corrected chi connectivity index (χ2v) is 5.06. The van der Waals surface area contributed by atoms with E-state index in [0.29, 0.717) is 13.0 Å². The highest BCUT2D eigenvalue weighted by Crippen LogP contribution is 2.47. The van der Waals surface area contributed by atoms with E-state index in [4.69, 9.17) is 14.6 Å². The van der Waals surface area contributed by atoms with E-state index < -0.39 is 18.2 Å². The maximum Gasteiger partial charge on any atom is 0.512 e. The number of carboxylic acid groups (broad SMARTS) is 1. The molecule has 3 aliphatic rings. The van der Waals surface area contributed by atoms with Crippen molar-refractivity contribution in [1.82, 2.24) is 4.90 Å². The van der Waals surface area contributed by atoms with E-state index in [1.807, 2.05) is 0 Å². The van der Waals surface area contributed by atoms with Gasteiger partial charge in [-0.1, -0.05) is 0 Å². The minimum Gasteiger partial charge on any atom is -0.449 e. The zero-order valence-electron chi connectivity index (χ0n) is 10.4. The highest BCUT2D eigenvalue weighted by atomic mass is 16.7. The Balaban J connectivity index is 1.94. The second-order valence-electron chi connectivity index (χ2n) is 5.06. The first-order chi connectivity index (χ1) is 9.02. The molecule has 0 aromatic rings. The summed E-state index contributed by atoms with van der Waals surface area (Å²) >= 11 is 0. The summed E-state index contributed by atoms with van der Waals surface area (Å²) in [4.78, 5) is 24.1. The van der Waals surface area contributed by atoms with Gasteiger partial charge in [-0.3, -0.25) is 9.69 Å². The summed E-state index contributed by atoms with van der Waals surface area (Å²) in [6, 6.07) is -0.336. The van der Waals surface area contributed by atoms with Crippen molar-refractivity contribution in [1.29, 1.82) is 0 Å². The molecule has 0 aromatic heterocycles. The van der Waals surface area contributed by atoms with Crippen molar-refractivity contribution in [3.8, 4) is 0 Å². The van der Waals surface area contributed by atoms with Gasteiger partial charge in [0, 0.05) is 12.2 Å².